The van der Waals surface area contributed by atoms with Gasteiger partial charge in [0.15, 0.2) is 0 Å². The zero-order valence-electron chi connectivity index (χ0n) is 25.7. The van der Waals surface area contributed by atoms with Crippen LogP contribution in [0.3, 0.4) is 0 Å². The van der Waals surface area contributed by atoms with Crippen molar-refractivity contribution in [1.82, 2.24) is 0 Å². The molecular formula is C33H68. The molecule has 0 aromatic carbocycles. The summed E-state index contributed by atoms with van der Waals surface area (Å²) in [6, 6.07) is 0. The van der Waals surface area contributed by atoms with Crippen molar-refractivity contribution in [3.63, 3.8) is 0 Å². The molecule has 0 aliphatic carbocycles. The Labute approximate surface area is 212 Å². The number of rotatable bonds is 19. The minimum Gasteiger partial charge on any atom is -0.0654 e. The van der Waals surface area contributed by atoms with E-state index in [0.717, 1.165) is 23.7 Å². The van der Waals surface area contributed by atoms with E-state index in [0.29, 0.717) is 16.2 Å². The van der Waals surface area contributed by atoms with Gasteiger partial charge in [0, 0.05) is 0 Å². The third kappa shape index (κ3) is 8.27. The van der Waals surface area contributed by atoms with Crippen molar-refractivity contribution in [2.24, 2.45) is 39.9 Å². The summed E-state index contributed by atoms with van der Waals surface area (Å²) in [7, 11) is 0. The maximum absolute atomic E-state index is 2.66. The predicted octanol–water partition coefficient (Wildman–Crippen LogP) is 12.1. The zero-order valence-corrected chi connectivity index (χ0v) is 25.7. The summed E-state index contributed by atoms with van der Waals surface area (Å²) in [6.45, 7) is 30.4. The Morgan fingerprint density at radius 2 is 1.09 bits per heavy atom. The first-order chi connectivity index (χ1) is 15.4. The van der Waals surface area contributed by atoms with E-state index in [1.54, 1.807) is 0 Å². The number of hydrogen-bond acceptors (Lipinski definition) is 0. The molecule has 0 N–H and O–H groups in total. The molecule has 0 heteroatoms. The standard InChI is InChI=1S/C33H68/c1-13-17-20-22-25-32(28(7)8,24-21-18-14-2)33(29(9)16-4,31(10,11)12)30(23-19-15-3)26-27(5)6/h27-30H,13-26H2,1-12H3. The molecule has 200 valence electrons. The SMILES string of the molecule is CCCCCCC(CCCCC)(C(C)C)C(C(C)CC)(C(CCCC)CC(C)C)C(C)(C)C. The van der Waals surface area contributed by atoms with Gasteiger partial charge >= 0.3 is 0 Å². The molecule has 0 aromatic heterocycles. The minimum atomic E-state index is 0.303. The van der Waals surface area contributed by atoms with Gasteiger partial charge in [0.1, 0.15) is 0 Å². The molecule has 4 atom stereocenters. The van der Waals surface area contributed by atoms with Gasteiger partial charge in [0.2, 0.25) is 0 Å². The Balaban J connectivity index is 7.09. The van der Waals surface area contributed by atoms with Gasteiger partial charge in [-0.3, -0.25) is 0 Å². The zero-order chi connectivity index (χ0) is 25.7. The molecule has 0 heterocycles. The highest BCUT2D eigenvalue weighted by Gasteiger charge is 2.62. The summed E-state index contributed by atoms with van der Waals surface area (Å²) in [5.41, 5.74) is 1.11. The first kappa shape index (κ1) is 33.0. The summed E-state index contributed by atoms with van der Waals surface area (Å²) in [5, 5.41) is 0. The van der Waals surface area contributed by atoms with Crippen LogP contribution in [-0.2, 0) is 0 Å². The lowest BCUT2D eigenvalue weighted by Crippen LogP contribution is -2.61. The van der Waals surface area contributed by atoms with Crippen molar-refractivity contribution in [3.05, 3.63) is 0 Å². The molecule has 0 aromatic rings. The molecule has 0 fully saturated rings. The molecule has 0 saturated heterocycles. The molecule has 0 amide bonds. The average molecular weight is 465 g/mol. The quantitative estimate of drug-likeness (QED) is 0.167. The first-order valence-corrected chi connectivity index (χ1v) is 15.4. The van der Waals surface area contributed by atoms with Gasteiger partial charge in [-0.2, -0.15) is 0 Å². The van der Waals surface area contributed by atoms with Gasteiger partial charge in [0.25, 0.3) is 0 Å². The van der Waals surface area contributed by atoms with Gasteiger partial charge in [-0.1, -0.05) is 147 Å². The van der Waals surface area contributed by atoms with E-state index >= 15 is 0 Å². The van der Waals surface area contributed by atoms with Gasteiger partial charge in [-0.15, -0.1) is 0 Å². The summed E-state index contributed by atoms with van der Waals surface area (Å²) >= 11 is 0. The van der Waals surface area contributed by atoms with Crippen LogP contribution in [0.1, 0.15) is 173 Å². The number of unbranched alkanes of at least 4 members (excludes halogenated alkanes) is 6. The maximum atomic E-state index is 2.66. The minimum absolute atomic E-state index is 0.303. The van der Waals surface area contributed by atoms with Crippen LogP contribution >= 0.6 is 0 Å². The second-order valence-electron chi connectivity index (χ2n) is 13.5. The fraction of sp³-hybridized carbons (Fsp3) is 1.00. The van der Waals surface area contributed by atoms with Crippen LogP contribution in [0.25, 0.3) is 0 Å². The largest absolute Gasteiger partial charge is 0.0654 e. The Morgan fingerprint density at radius 1 is 0.606 bits per heavy atom. The molecule has 0 saturated carbocycles. The molecule has 0 aliphatic rings. The molecule has 33 heavy (non-hydrogen) atoms. The van der Waals surface area contributed by atoms with E-state index < -0.39 is 0 Å². The van der Waals surface area contributed by atoms with Gasteiger partial charge < -0.3 is 0 Å². The molecule has 0 rings (SSSR count). The van der Waals surface area contributed by atoms with Crippen molar-refractivity contribution in [1.29, 1.82) is 0 Å². The summed E-state index contributed by atoms with van der Waals surface area (Å²) in [5.74, 6) is 3.09. The van der Waals surface area contributed by atoms with E-state index in [2.05, 4.69) is 83.1 Å². The third-order valence-electron chi connectivity index (χ3n) is 9.57. The first-order valence-electron chi connectivity index (χ1n) is 15.4. The van der Waals surface area contributed by atoms with Crippen molar-refractivity contribution in [2.75, 3.05) is 0 Å². The summed E-state index contributed by atoms with van der Waals surface area (Å²) in [6.07, 6.45) is 19.5. The predicted molar refractivity (Wildman–Crippen MR) is 154 cm³/mol. The van der Waals surface area contributed by atoms with Crippen LogP contribution in [-0.4, -0.2) is 0 Å². The fourth-order valence-corrected chi connectivity index (χ4v) is 8.42. The smallest absolute Gasteiger partial charge is 0.0136 e. The Morgan fingerprint density at radius 3 is 1.48 bits per heavy atom. The highest BCUT2D eigenvalue weighted by molar-refractivity contribution is 5.10. The highest BCUT2D eigenvalue weighted by Crippen LogP contribution is 2.69. The van der Waals surface area contributed by atoms with Crippen LogP contribution in [0, 0.1) is 39.9 Å². The van der Waals surface area contributed by atoms with Gasteiger partial charge in [0.05, 0.1) is 0 Å². The number of hydrogen-bond donors (Lipinski definition) is 0. The Kier molecular flexibility index (Phi) is 15.9. The van der Waals surface area contributed by atoms with Crippen LogP contribution in [0.5, 0.6) is 0 Å². The average Bonchev–Trinajstić information content (AvgIpc) is 2.73. The monoisotopic (exact) mass is 465 g/mol. The van der Waals surface area contributed by atoms with Gasteiger partial charge in [-0.05, 0) is 65.6 Å². The fourth-order valence-electron chi connectivity index (χ4n) is 8.42. The lowest BCUT2D eigenvalue weighted by molar-refractivity contribution is -0.189. The van der Waals surface area contributed by atoms with E-state index in [1.807, 2.05) is 0 Å². The van der Waals surface area contributed by atoms with Gasteiger partial charge in [-0.25, -0.2) is 0 Å². The topological polar surface area (TPSA) is 0 Å². The van der Waals surface area contributed by atoms with Crippen LogP contribution in [0.4, 0.5) is 0 Å². The van der Waals surface area contributed by atoms with E-state index in [-0.39, 0.29) is 0 Å². The van der Waals surface area contributed by atoms with E-state index in [4.69, 9.17) is 0 Å². The van der Waals surface area contributed by atoms with Crippen molar-refractivity contribution in [3.8, 4) is 0 Å². The second kappa shape index (κ2) is 15.9. The normalized spacial score (nSPS) is 18.4. The maximum Gasteiger partial charge on any atom is -0.0136 e. The third-order valence-corrected chi connectivity index (χ3v) is 9.57. The van der Waals surface area contributed by atoms with Crippen LogP contribution in [0.2, 0.25) is 0 Å². The van der Waals surface area contributed by atoms with Crippen molar-refractivity contribution >= 4 is 0 Å². The Hall–Kier alpha value is 0. The lowest BCUT2D eigenvalue weighted by Gasteiger charge is -2.67. The molecule has 0 bridgehead atoms. The molecule has 4 unspecified atom stereocenters. The second-order valence-corrected chi connectivity index (χ2v) is 13.5. The summed E-state index contributed by atoms with van der Waals surface area (Å²) in [4.78, 5) is 0. The molecule has 0 spiro atoms. The van der Waals surface area contributed by atoms with Crippen molar-refractivity contribution in [2.45, 2.75) is 173 Å². The molecule has 0 nitrogen and oxygen atoms in total. The van der Waals surface area contributed by atoms with Crippen LogP contribution < -0.4 is 0 Å². The molecule has 0 radical (unpaired) electrons. The highest BCUT2D eigenvalue weighted by atomic mass is 14.7. The van der Waals surface area contributed by atoms with E-state index in [1.165, 1.54) is 89.9 Å². The Bertz CT molecular complexity index is 467. The summed E-state index contributed by atoms with van der Waals surface area (Å²) < 4.78 is 0. The lowest BCUT2D eigenvalue weighted by atomic mass is 9.37. The van der Waals surface area contributed by atoms with Crippen LogP contribution in [0.15, 0.2) is 0 Å². The molecular weight excluding hydrogens is 396 g/mol. The molecule has 0 aliphatic heterocycles. The van der Waals surface area contributed by atoms with E-state index in [9.17, 15) is 0 Å². The van der Waals surface area contributed by atoms with Crippen molar-refractivity contribution < 1.29 is 0 Å².